The summed E-state index contributed by atoms with van der Waals surface area (Å²) in [6, 6.07) is 17.3. The van der Waals surface area contributed by atoms with Gasteiger partial charge in [-0.15, -0.1) is 0 Å². The zero-order valence-corrected chi connectivity index (χ0v) is 8.30. The Balaban J connectivity index is 0.00000128. The monoisotopic (exact) mass is 220 g/mol. The van der Waals surface area contributed by atoms with E-state index in [0.29, 0.717) is 5.75 Å². The van der Waals surface area contributed by atoms with Crippen LogP contribution in [-0.4, -0.2) is 34.7 Å². The molecule has 16 heavy (non-hydrogen) atoms. The molecule has 0 atom stereocenters. The van der Waals surface area contributed by atoms with Gasteiger partial charge in [0.1, 0.15) is 5.75 Å². The zero-order chi connectivity index (χ0) is 10.5. The van der Waals surface area contributed by atoms with Crippen LogP contribution in [0.2, 0.25) is 0 Å². The van der Waals surface area contributed by atoms with Gasteiger partial charge in [0.25, 0.3) is 0 Å². The van der Waals surface area contributed by atoms with Gasteiger partial charge >= 0.3 is 29.6 Å². The number of aromatic hydroxyl groups is 1. The van der Waals surface area contributed by atoms with Crippen LogP contribution in [0.4, 0.5) is 0 Å². The second-order valence-electron chi connectivity index (χ2n) is 3.34. The first-order valence-corrected chi connectivity index (χ1v) is 4.87. The molecule has 0 spiro atoms. The van der Waals surface area contributed by atoms with Crippen LogP contribution in [0.3, 0.4) is 0 Å². The first-order chi connectivity index (χ1) is 7.34. The third kappa shape index (κ3) is 3.86. The van der Waals surface area contributed by atoms with Crippen molar-refractivity contribution in [1.29, 1.82) is 0 Å². The van der Waals surface area contributed by atoms with Crippen LogP contribution in [0.15, 0.2) is 54.6 Å². The molecule has 0 aliphatic rings. The molecule has 2 rings (SSSR count). The van der Waals surface area contributed by atoms with Gasteiger partial charge in [0.2, 0.25) is 0 Å². The standard InChI is InChI=1S/C14H12O.Na.H/c15-14-10-8-13(9-11-14)7-6-12-4-2-1-3-5-12;;/h1-11,15H;;/b7-6+;;. The van der Waals surface area contributed by atoms with Crippen LogP contribution in [0.25, 0.3) is 12.2 Å². The van der Waals surface area contributed by atoms with Gasteiger partial charge in [-0.2, -0.15) is 0 Å². The third-order valence-corrected chi connectivity index (χ3v) is 2.16. The van der Waals surface area contributed by atoms with E-state index in [1.807, 2.05) is 42.5 Å². The van der Waals surface area contributed by atoms with Crippen LogP contribution in [0.1, 0.15) is 11.1 Å². The molecule has 0 fully saturated rings. The van der Waals surface area contributed by atoms with Crippen molar-refractivity contribution in [2.75, 3.05) is 0 Å². The Morgan fingerprint density at radius 3 is 1.75 bits per heavy atom. The van der Waals surface area contributed by atoms with E-state index in [0.717, 1.165) is 5.56 Å². The first kappa shape index (κ1) is 13.0. The van der Waals surface area contributed by atoms with Gasteiger partial charge in [0, 0.05) is 0 Å². The van der Waals surface area contributed by atoms with E-state index in [9.17, 15) is 0 Å². The maximum absolute atomic E-state index is 9.12. The molecule has 0 aliphatic carbocycles. The van der Waals surface area contributed by atoms with Crippen LogP contribution in [-0.2, 0) is 0 Å². The molecule has 76 valence electrons. The summed E-state index contributed by atoms with van der Waals surface area (Å²) in [5.41, 5.74) is 2.25. The van der Waals surface area contributed by atoms with E-state index < -0.39 is 0 Å². The molecule has 2 aromatic rings. The summed E-state index contributed by atoms with van der Waals surface area (Å²) in [6.45, 7) is 0. The SMILES string of the molecule is Oc1ccc(/C=C/c2ccccc2)cc1.[NaH]. The molecular formula is C14H13NaO. The van der Waals surface area contributed by atoms with Crippen molar-refractivity contribution in [1.82, 2.24) is 0 Å². The molecule has 0 saturated carbocycles. The summed E-state index contributed by atoms with van der Waals surface area (Å²) < 4.78 is 0. The summed E-state index contributed by atoms with van der Waals surface area (Å²) in [7, 11) is 0. The van der Waals surface area contributed by atoms with Crippen molar-refractivity contribution in [2.45, 2.75) is 0 Å². The van der Waals surface area contributed by atoms with Gasteiger partial charge in [0.15, 0.2) is 0 Å². The van der Waals surface area contributed by atoms with Gasteiger partial charge in [0.05, 0.1) is 0 Å². The van der Waals surface area contributed by atoms with E-state index in [4.69, 9.17) is 5.11 Å². The molecule has 0 saturated heterocycles. The predicted octanol–water partition coefficient (Wildman–Crippen LogP) is 2.91. The van der Waals surface area contributed by atoms with Crippen molar-refractivity contribution >= 4 is 41.7 Å². The number of hydrogen-bond acceptors (Lipinski definition) is 1. The summed E-state index contributed by atoms with van der Waals surface area (Å²) in [5, 5.41) is 9.12. The summed E-state index contributed by atoms with van der Waals surface area (Å²) in [5.74, 6) is 0.298. The maximum atomic E-state index is 9.12. The fourth-order valence-electron chi connectivity index (χ4n) is 1.34. The molecule has 1 N–H and O–H groups in total. The average molecular weight is 220 g/mol. The molecule has 2 heteroatoms. The second-order valence-corrected chi connectivity index (χ2v) is 3.34. The van der Waals surface area contributed by atoms with E-state index in [2.05, 4.69) is 12.1 Å². The van der Waals surface area contributed by atoms with Crippen molar-refractivity contribution < 1.29 is 5.11 Å². The fraction of sp³-hybridized carbons (Fsp3) is 0. The third-order valence-electron chi connectivity index (χ3n) is 2.16. The van der Waals surface area contributed by atoms with Crippen LogP contribution < -0.4 is 0 Å². The van der Waals surface area contributed by atoms with Gasteiger partial charge < -0.3 is 5.11 Å². The van der Waals surface area contributed by atoms with Gasteiger partial charge in [-0.05, 0) is 23.3 Å². The molecule has 0 amide bonds. The van der Waals surface area contributed by atoms with Crippen molar-refractivity contribution in [3.8, 4) is 5.75 Å². The Hall–Kier alpha value is -1.02. The van der Waals surface area contributed by atoms with E-state index in [-0.39, 0.29) is 29.6 Å². The predicted molar refractivity (Wildman–Crippen MR) is 70.6 cm³/mol. The minimum absolute atomic E-state index is 0. The zero-order valence-electron chi connectivity index (χ0n) is 8.30. The molecule has 0 unspecified atom stereocenters. The second kappa shape index (κ2) is 6.54. The number of phenols is 1. The van der Waals surface area contributed by atoms with Gasteiger partial charge in [-0.25, -0.2) is 0 Å². The number of hydrogen-bond donors (Lipinski definition) is 1. The topological polar surface area (TPSA) is 20.2 Å². The molecule has 0 aromatic heterocycles. The molecule has 2 aromatic carbocycles. The Kier molecular flexibility index (Phi) is 5.33. The summed E-state index contributed by atoms with van der Waals surface area (Å²) in [4.78, 5) is 0. The first-order valence-electron chi connectivity index (χ1n) is 4.87. The Morgan fingerprint density at radius 2 is 1.19 bits per heavy atom. The molecule has 0 aliphatic heterocycles. The molecule has 0 heterocycles. The summed E-state index contributed by atoms with van der Waals surface area (Å²) in [6.07, 6.45) is 4.07. The van der Waals surface area contributed by atoms with Crippen molar-refractivity contribution in [2.24, 2.45) is 0 Å². The Labute approximate surface area is 118 Å². The van der Waals surface area contributed by atoms with Gasteiger partial charge in [-0.3, -0.25) is 0 Å². The Morgan fingerprint density at radius 1 is 0.688 bits per heavy atom. The molecule has 0 radical (unpaired) electrons. The number of rotatable bonds is 2. The number of benzene rings is 2. The Bertz CT molecular complexity index is 446. The van der Waals surface area contributed by atoms with Crippen LogP contribution >= 0.6 is 0 Å². The minimum atomic E-state index is 0. The van der Waals surface area contributed by atoms with E-state index in [1.54, 1.807) is 12.1 Å². The molecule has 1 nitrogen and oxygen atoms in total. The van der Waals surface area contributed by atoms with Crippen molar-refractivity contribution in [3.05, 3.63) is 65.7 Å². The van der Waals surface area contributed by atoms with Crippen molar-refractivity contribution in [3.63, 3.8) is 0 Å². The van der Waals surface area contributed by atoms with Crippen LogP contribution in [0, 0.1) is 0 Å². The van der Waals surface area contributed by atoms with E-state index in [1.165, 1.54) is 5.56 Å². The van der Waals surface area contributed by atoms with Crippen LogP contribution in [0.5, 0.6) is 5.75 Å². The van der Waals surface area contributed by atoms with Gasteiger partial charge in [-0.1, -0.05) is 54.6 Å². The summed E-state index contributed by atoms with van der Waals surface area (Å²) >= 11 is 0. The quantitative estimate of drug-likeness (QED) is 0.609. The molecular weight excluding hydrogens is 207 g/mol. The van der Waals surface area contributed by atoms with E-state index >= 15 is 0 Å². The fourth-order valence-corrected chi connectivity index (χ4v) is 1.34. The average Bonchev–Trinajstić information content (AvgIpc) is 2.30. The number of phenolic OH excluding ortho intramolecular Hbond substituents is 1. The normalized spacial score (nSPS) is 10.0. The molecule has 0 bridgehead atoms.